The van der Waals surface area contributed by atoms with E-state index in [1.165, 1.54) is 31.2 Å². The quantitative estimate of drug-likeness (QED) is 0.715. The van der Waals surface area contributed by atoms with Gasteiger partial charge in [-0.3, -0.25) is 4.72 Å². The number of ether oxygens (including phenoxy) is 2. The van der Waals surface area contributed by atoms with Crippen LogP contribution in [0.3, 0.4) is 0 Å². The Bertz CT molecular complexity index is 1030. The van der Waals surface area contributed by atoms with Crippen LogP contribution < -0.4 is 4.72 Å². The average Bonchev–Trinajstić information content (AvgIpc) is 2.58. The standard InChI is InChI=1S/C20H22FNO6S/c1-13-11-14(21)9-10-17(13)29(25,26)22-16-8-6-5-7-15(16)19(24)27-12-18(23)28-20(2,3)4/h5-11,22H,12H2,1-4H3. The van der Waals surface area contributed by atoms with Gasteiger partial charge in [-0.25, -0.2) is 22.4 Å². The van der Waals surface area contributed by atoms with Crippen LogP contribution in [0.2, 0.25) is 0 Å². The molecule has 2 aromatic carbocycles. The van der Waals surface area contributed by atoms with Gasteiger partial charge in [0.05, 0.1) is 16.1 Å². The van der Waals surface area contributed by atoms with Crippen molar-refractivity contribution in [2.45, 2.75) is 38.2 Å². The second-order valence-corrected chi connectivity index (χ2v) is 8.87. The molecule has 0 amide bonds. The first-order valence-electron chi connectivity index (χ1n) is 8.66. The van der Waals surface area contributed by atoms with Crippen LogP contribution in [0.4, 0.5) is 10.1 Å². The predicted molar refractivity (Wildman–Crippen MR) is 105 cm³/mol. The molecule has 0 unspecified atom stereocenters. The van der Waals surface area contributed by atoms with Gasteiger partial charge in [-0.15, -0.1) is 0 Å². The molecule has 0 aliphatic rings. The summed E-state index contributed by atoms with van der Waals surface area (Å²) in [5, 5.41) is 0. The number of anilines is 1. The topological polar surface area (TPSA) is 98.8 Å². The normalized spacial score (nSPS) is 11.6. The highest BCUT2D eigenvalue weighted by atomic mass is 32.2. The maximum absolute atomic E-state index is 13.3. The zero-order valence-corrected chi connectivity index (χ0v) is 17.3. The van der Waals surface area contributed by atoms with Crippen LogP contribution in [0.1, 0.15) is 36.7 Å². The molecular formula is C20H22FNO6S. The summed E-state index contributed by atoms with van der Waals surface area (Å²) < 4.78 is 50.9. The number of hydrogen-bond donors (Lipinski definition) is 1. The first kappa shape index (κ1) is 22.4. The fourth-order valence-electron chi connectivity index (χ4n) is 2.44. The summed E-state index contributed by atoms with van der Waals surface area (Å²) in [6, 6.07) is 9.03. The van der Waals surface area contributed by atoms with Crippen molar-refractivity contribution >= 4 is 27.6 Å². The summed E-state index contributed by atoms with van der Waals surface area (Å²) >= 11 is 0. The van der Waals surface area contributed by atoms with E-state index >= 15 is 0 Å². The molecule has 0 aliphatic heterocycles. The highest BCUT2D eigenvalue weighted by Gasteiger charge is 2.23. The lowest BCUT2D eigenvalue weighted by Gasteiger charge is -2.19. The zero-order valence-electron chi connectivity index (χ0n) is 16.5. The lowest BCUT2D eigenvalue weighted by Crippen LogP contribution is -2.27. The van der Waals surface area contributed by atoms with Crippen molar-refractivity contribution in [3.8, 4) is 0 Å². The minimum absolute atomic E-state index is 0.0367. The molecule has 0 bridgehead atoms. The number of para-hydroxylation sites is 1. The molecule has 7 nitrogen and oxygen atoms in total. The Kier molecular flexibility index (Phi) is 6.63. The summed E-state index contributed by atoms with van der Waals surface area (Å²) in [6.45, 7) is 5.86. The number of sulfonamides is 1. The first-order valence-corrected chi connectivity index (χ1v) is 10.1. The van der Waals surface area contributed by atoms with Crippen molar-refractivity contribution in [3.63, 3.8) is 0 Å². The molecule has 29 heavy (non-hydrogen) atoms. The highest BCUT2D eigenvalue weighted by Crippen LogP contribution is 2.23. The van der Waals surface area contributed by atoms with E-state index in [-0.39, 0.29) is 21.7 Å². The number of aryl methyl sites for hydroxylation is 1. The number of esters is 2. The number of hydrogen-bond acceptors (Lipinski definition) is 6. The molecule has 0 heterocycles. The second kappa shape index (κ2) is 8.60. The van der Waals surface area contributed by atoms with Gasteiger partial charge in [0.2, 0.25) is 0 Å². The molecule has 0 aromatic heterocycles. The third-order valence-electron chi connectivity index (χ3n) is 3.56. The minimum Gasteiger partial charge on any atom is -0.457 e. The predicted octanol–water partition coefficient (Wildman–Crippen LogP) is 3.43. The molecule has 156 valence electrons. The molecule has 1 N–H and O–H groups in total. The van der Waals surface area contributed by atoms with Gasteiger partial charge in [0.15, 0.2) is 6.61 Å². The summed E-state index contributed by atoms with van der Waals surface area (Å²) in [6.07, 6.45) is 0. The Hall–Kier alpha value is -2.94. The van der Waals surface area contributed by atoms with Crippen LogP contribution in [-0.2, 0) is 24.3 Å². The molecule has 2 aromatic rings. The Balaban J connectivity index is 2.20. The molecule has 0 fully saturated rings. The summed E-state index contributed by atoms with van der Waals surface area (Å²) in [4.78, 5) is 23.9. The van der Waals surface area contributed by atoms with Gasteiger partial charge in [0.1, 0.15) is 11.4 Å². The third-order valence-corrected chi connectivity index (χ3v) is 5.08. The molecule has 0 spiro atoms. The van der Waals surface area contributed by atoms with Crippen LogP contribution in [0.15, 0.2) is 47.4 Å². The van der Waals surface area contributed by atoms with Crippen molar-refractivity contribution in [2.24, 2.45) is 0 Å². The average molecular weight is 423 g/mol. The lowest BCUT2D eigenvalue weighted by atomic mass is 10.2. The van der Waals surface area contributed by atoms with Gasteiger partial charge in [-0.2, -0.15) is 0 Å². The van der Waals surface area contributed by atoms with E-state index in [0.29, 0.717) is 0 Å². The van der Waals surface area contributed by atoms with Gasteiger partial charge in [0, 0.05) is 0 Å². The van der Waals surface area contributed by atoms with Crippen LogP contribution >= 0.6 is 0 Å². The number of carbonyl (C=O) groups excluding carboxylic acids is 2. The maximum atomic E-state index is 13.3. The largest absolute Gasteiger partial charge is 0.457 e. The van der Waals surface area contributed by atoms with E-state index in [2.05, 4.69) is 4.72 Å². The van der Waals surface area contributed by atoms with Gasteiger partial charge >= 0.3 is 11.9 Å². The van der Waals surface area contributed by atoms with Crippen molar-refractivity contribution < 1.29 is 31.9 Å². The molecule has 0 radical (unpaired) electrons. The van der Waals surface area contributed by atoms with E-state index < -0.39 is 40.0 Å². The molecule has 0 saturated heterocycles. The number of halogens is 1. The Labute approximate surface area is 168 Å². The molecule has 2 rings (SSSR count). The van der Waals surface area contributed by atoms with E-state index in [9.17, 15) is 22.4 Å². The fourth-order valence-corrected chi connectivity index (χ4v) is 3.74. The van der Waals surface area contributed by atoms with Crippen molar-refractivity contribution in [1.29, 1.82) is 0 Å². The molecule has 0 saturated carbocycles. The van der Waals surface area contributed by atoms with Crippen LogP contribution in [0.25, 0.3) is 0 Å². The van der Waals surface area contributed by atoms with E-state index in [1.807, 2.05) is 0 Å². The zero-order chi connectivity index (χ0) is 21.8. The Morgan fingerprint density at radius 1 is 1.10 bits per heavy atom. The number of benzene rings is 2. The van der Waals surface area contributed by atoms with Crippen LogP contribution in [0, 0.1) is 12.7 Å². The molecule has 0 atom stereocenters. The van der Waals surface area contributed by atoms with Gasteiger partial charge < -0.3 is 9.47 Å². The van der Waals surface area contributed by atoms with Crippen molar-refractivity contribution in [3.05, 3.63) is 59.4 Å². The SMILES string of the molecule is Cc1cc(F)ccc1S(=O)(=O)Nc1ccccc1C(=O)OCC(=O)OC(C)(C)C. The lowest BCUT2D eigenvalue weighted by molar-refractivity contribution is -0.158. The van der Waals surface area contributed by atoms with Gasteiger partial charge in [-0.05, 0) is 63.6 Å². The van der Waals surface area contributed by atoms with E-state index in [0.717, 1.165) is 18.2 Å². The number of rotatable bonds is 6. The number of carbonyl (C=O) groups is 2. The third kappa shape index (κ3) is 6.28. The van der Waals surface area contributed by atoms with Crippen LogP contribution in [0.5, 0.6) is 0 Å². The smallest absolute Gasteiger partial charge is 0.344 e. The van der Waals surface area contributed by atoms with Crippen LogP contribution in [-0.4, -0.2) is 32.6 Å². The maximum Gasteiger partial charge on any atom is 0.344 e. The highest BCUT2D eigenvalue weighted by molar-refractivity contribution is 7.92. The Morgan fingerprint density at radius 3 is 2.38 bits per heavy atom. The summed E-state index contributed by atoms with van der Waals surface area (Å²) in [5.41, 5.74) is -0.642. The molecule has 0 aliphatic carbocycles. The van der Waals surface area contributed by atoms with Gasteiger partial charge in [0.25, 0.3) is 10.0 Å². The molecular weight excluding hydrogens is 401 g/mol. The minimum atomic E-state index is -4.09. The fraction of sp³-hybridized carbons (Fsp3) is 0.300. The van der Waals surface area contributed by atoms with Crippen molar-refractivity contribution in [1.82, 2.24) is 0 Å². The summed E-state index contributed by atoms with van der Waals surface area (Å²) in [7, 11) is -4.09. The monoisotopic (exact) mass is 423 g/mol. The second-order valence-electron chi connectivity index (χ2n) is 7.22. The summed E-state index contributed by atoms with van der Waals surface area (Å²) in [5.74, 6) is -2.19. The first-order chi connectivity index (χ1) is 13.4. The van der Waals surface area contributed by atoms with E-state index in [4.69, 9.17) is 9.47 Å². The van der Waals surface area contributed by atoms with Gasteiger partial charge in [-0.1, -0.05) is 12.1 Å². The van der Waals surface area contributed by atoms with Crippen molar-refractivity contribution in [2.75, 3.05) is 11.3 Å². The van der Waals surface area contributed by atoms with E-state index in [1.54, 1.807) is 20.8 Å². The Morgan fingerprint density at radius 2 is 1.76 bits per heavy atom. The molecule has 9 heteroatoms. The number of nitrogens with one attached hydrogen (secondary N) is 1.